The van der Waals surface area contributed by atoms with E-state index >= 15 is 0 Å². The van der Waals surface area contributed by atoms with Crippen molar-refractivity contribution in [3.63, 3.8) is 0 Å². The van der Waals surface area contributed by atoms with Crippen LogP contribution in [0.3, 0.4) is 0 Å². The van der Waals surface area contributed by atoms with Gasteiger partial charge in [0.2, 0.25) is 10.0 Å². The van der Waals surface area contributed by atoms with Gasteiger partial charge in [0.05, 0.1) is 10.6 Å². The van der Waals surface area contributed by atoms with Crippen molar-refractivity contribution in [3.8, 4) is 0 Å². The fraction of sp³-hybridized carbons (Fsp3) is 0.667. The topological polar surface area (TPSA) is 85.9 Å². The molecule has 0 bridgehead atoms. The Bertz CT molecular complexity index is 382. The first-order valence-corrected chi connectivity index (χ1v) is 6.20. The van der Waals surface area contributed by atoms with E-state index in [1.807, 2.05) is 13.8 Å². The van der Waals surface area contributed by atoms with Gasteiger partial charge in [0.15, 0.2) is 0 Å². The number of hydrogen-bond donors (Lipinski definition) is 1. The lowest BCUT2D eigenvalue weighted by atomic mass is 10.1. The van der Waals surface area contributed by atoms with Crippen LogP contribution in [0.5, 0.6) is 0 Å². The lowest BCUT2D eigenvalue weighted by Gasteiger charge is -2.01. The summed E-state index contributed by atoms with van der Waals surface area (Å²) >= 11 is 1.08. The van der Waals surface area contributed by atoms with Gasteiger partial charge in [0, 0.05) is 0 Å². The molecule has 1 aromatic rings. The minimum absolute atomic E-state index is 0.168. The van der Waals surface area contributed by atoms with Gasteiger partial charge < -0.3 is 0 Å². The van der Waals surface area contributed by atoms with Crippen molar-refractivity contribution in [1.29, 1.82) is 0 Å². The van der Waals surface area contributed by atoms with Crippen LogP contribution < -0.4 is 5.14 Å². The molecule has 7 heteroatoms. The van der Waals surface area contributed by atoms with Crippen LogP contribution in [-0.4, -0.2) is 18.0 Å². The molecule has 1 rings (SSSR count). The highest BCUT2D eigenvalue weighted by molar-refractivity contribution is 7.88. The van der Waals surface area contributed by atoms with E-state index in [1.165, 1.54) is 0 Å². The van der Waals surface area contributed by atoms with E-state index in [-0.39, 0.29) is 11.7 Å². The molecule has 0 saturated carbocycles. The van der Waals surface area contributed by atoms with Gasteiger partial charge >= 0.3 is 0 Å². The second-order valence-corrected chi connectivity index (χ2v) is 5.50. The van der Waals surface area contributed by atoms with E-state index in [1.54, 1.807) is 0 Å². The molecule has 0 atom stereocenters. The van der Waals surface area contributed by atoms with Crippen molar-refractivity contribution >= 4 is 21.6 Å². The highest BCUT2D eigenvalue weighted by Gasteiger charge is 2.15. The van der Waals surface area contributed by atoms with Gasteiger partial charge in [-0.15, -0.1) is 5.10 Å². The Morgan fingerprint density at radius 3 is 2.62 bits per heavy atom. The lowest BCUT2D eigenvalue weighted by Crippen LogP contribution is -2.14. The molecular formula is C6H11N3O2S2. The fourth-order valence-corrected chi connectivity index (χ4v) is 2.75. The Kier molecular flexibility index (Phi) is 2.99. The maximum Gasteiger partial charge on any atom is 0.214 e. The van der Waals surface area contributed by atoms with Crippen molar-refractivity contribution < 1.29 is 8.42 Å². The first-order valence-electron chi connectivity index (χ1n) is 3.71. The van der Waals surface area contributed by atoms with E-state index in [9.17, 15) is 8.42 Å². The number of nitrogens with two attached hydrogens (primary N) is 1. The molecule has 0 amide bonds. The summed E-state index contributed by atoms with van der Waals surface area (Å²) in [6, 6.07) is 0. The average Bonchev–Trinajstić information content (AvgIpc) is 2.31. The molecule has 0 aliphatic heterocycles. The Morgan fingerprint density at radius 1 is 1.54 bits per heavy atom. The van der Waals surface area contributed by atoms with Crippen molar-refractivity contribution in [1.82, 2.24) is 9.59 Å². The Hall–Kier alpha value is -0.530. The zero-order chi connectivity index (χ0) is 10.1. The predicted octanol–water partition coefficient (Wildman–Crippen LogP) is 0.450. The molecule has 0 aliphatic rings. The molecule has 74 valence electrons. The smallest absolute Gasteiger partial charge is 0.214 e. The minimum atomic E-state index is -3.47. The van der Waals surface area contributed by atoms with Crippen molar-refractivity contribution in [3.05, 3.63) is 10.6 Å². The zero-order valence-corrected chi connectivity index (χ0v) is 9.02. The van der Waals surface area contributed by atoms with E-state index in [0.29, 0.717) is 4.88 Å². The molecule has 0 radical (unpaired) electrons. The van der Waals surface area contributed by atoms with Gasteiger partial charge in [-0.05, 0) is 17.5 Å². The van der Waals surface area contributed by atoms with Crippen molar-refractivity contribution in [2.45, 2.75) is 25.5 Å². The van der Waals surface area contributed by atoms with Gasteiger partial charge in [-0.1, -0.05) is 18.3 Å². The quantitative estimate of drug-likeness (QED) is 0.803. The van der Waals surface area contributed by atoms with Crippen LogP contribution in [0, 0.1) is 0 Å². The summed E-state index contributed by atoms with van der Waals surface area (Å²) in [4.78, 5) is 0.637. The molecule has 0 unspecified atom stereocenters. The summed E-state index contributed by atoms with van der Waals surface area (Å²) in [6.45, 7) is 3.87. The zero-order valence-electron chi connectivity index (χ0n) is 7.39. The number of hydrogen-bond acceptors (Lipinski definition) is 5. The average molecular weight is 221 g/mol. The Balaban J connectivity index is 2.96. The maximum atomic E-state index is 10.8. The number of primary sulfonamides is 1. The van der Waals surface area contributed by atoms with Crippen LogP contribution in [0.25, 0.3) is 0 Å². The summed E-state index contributed by atoms with van der Waals surface area (Å²) in [5.74, 6) is 0.00792. The van der Waals surface area contributed by atoms with Gasteiger partial charge in [0.1, 0.15) is 5.75 Å². The van der Waals surface area contributed by atoms with Crippen molar-refractivity contribution in [2.24, 2.45) is 5.14 Å². The molecule has 0 fully saturated rings. The number of aromatic nitrogens is 2. The second-order valence-electron chi connectivity index (χ2n) is 3.04. The second kappa shape index (κ2) is 3.69. The van der Waals surface area contributed by atoms with Gasteiger partial charge in [-0.3, -0.25) is 0 Å². The summed E-state index contributed by atoms with van der Waals surface area (Å²) < 4.78 is 25.3. The maximum absolute atomic E-state index is 10.8. The Morgan fingerprint density at radius 2 is 2.15 bits per heavy atom. The predicted molar refractivity (Wildman–Crippen MR) is 50.8 cm³/mol. The van der Waals surface area contributed by atoms with Crippen LogP contribution in [0.1, 0.15) is 30.3 Å². The van der Waals surface area contributed by atoms with E-state index in [2.05, 4.69) is 9.59 Å². The van der Waals surface area contributed by atoms with Crippen LogP contribution in [0.4, 0.5) is 0 Å². The van der Waals surface area contributed by atoms with E-state index in [4.69, 9.17) is 5.14 Å². The molecular weight excluding hydrogens is 210 g/mol. The molecule has 2 N–H and O–H groups in total. The van der Waals surface area contributed by atoms with Gasteiger partial charge in [-0.25, -0.2) is 13.6 Å². The molecule has 13 heavy (non-hydrogen) atoms. The highest BCUT2D eigenvalue weighted by Crippen LogP contribution is 2.20. The van der Waals surface area contributed by atoms with Crippen LogP contribution in [0.15, 0.2) is 0 Å². The van der Waals surface area contributed by atoms with Crippen LogP contribution in [0.2, 0.25) is 0 Å². The third-order valence-electron chi connectivity index (χ3n) is 1.46. The highest BCUT2D eigenvalue weighted by atomic mass is 32.2. The molecule has 0 saturated heterocycles. The van der Waals surface area contributed by atoms with Gasteiger partial charge in [0.25, 0.3) is 0 Å². The molecule has 1 aromatic heterocycles. The first-order chi connectivity index (χ1) is 5.90. The first kappa shape index (κ1) is 10.6. The minimum Gasteiger partial charge on any atom is -0.228 e. The van der Waals surface area contributed by atoms with Crippen molar-refractivity contribution in [2.75, 3.05) is 0 Å². The van der Waals surface area contributed by atoms with Gasteiger partial charge in [-0.2, -0.15) is 0 Å². The summed E-state index contributed by atoms with van der Waals surface area (Å²) in [7, 11) is -3.47. The van der Waals surface area contributed by atoms with E-state index in [0.717, 1.165) is 17.2 Å². The SMILES string of the molecule is CC(C)c1nnsc1CS(N)(=O)=O. The van der Waals surface area contributed by atoms with Crippen LogP contribution >= 0.6 is 11.5 Å². The fourth-order valence-electron chi connectivity index (χ4n) is 0.937. The summed E-state index contributed by atoms with van der Waals surface area (Å²) in [5.41, 5.74) is 0.721. The molecule has 1 heterocycles. The number of nitrogens with zero attached hydrogens (tertiary/aromatic N) is 2. The molecule has 5 nitrogen and oxygen atoms in total. The van der Waals surface area contributed by atoms with Crippen LogP contribution in [-0.2, 0) is 15.8 Å². The number of sulfonamides is 1. The monoisotopic (exact) mass is 221 g/mol. The van der Waals surface area contributed by atoms with E-state index < -0.39 is 10.0 Å². The third kappa shape index (κ3) is 3.02. The third-order valence-corrected chi connectivity index (χ3v) is 3.08. The largest absolute Gasteiger partial charge is 0.228 e. The number of rotatable bonds is 3. The molecule has 0 spiro atoms. The molecule has 0 aromatic carbocycles. The lowest BCUT2D eigenvalue weighted by molar-refractivity contribution is 0.597. The summed E-state index contributed by atoms with van der Waals surface area (Å²) in [5, 5.41) is 8.77. The summed E-state index contributed by atoms with van der Waals surface area (Å²) in [6.07, 6.45) is 0. The normalized spacial score (nSPS) is 12.3. The molecule has 0 aliphatic carbocycles. The standard InChI is InChI=1S/C6H11N3O2S2/c1-4(2)6-5(12-9-8-6)3-13(7,10)11/h4H,3H2,1-2H3,(H2,7,10,11). The Labute approximate surface area is 81.2 Å².